The molecule has 0 aliphatic carbocycles. The number of hydrogen-bond acceptors (Lipinski definition) is 5. The van der Waals surface area contributed by atoms with Gasteiger partial charge in [0.15, 0.2) is 11.5 Å². The van der Waals surface area contributed by atoms with Gasteiger partial charge in [-0.2, -0.15) is 5.26 Å². The molecule has 6 nitrogen and oxygen atoms in total. The molecule has 0 aliphatic rings. The smallest absolute Gasteiger partial charge is 0.246 e. The summed E-state index contributed by atoms with van der Waals surface area (Å²) in [5.41, 5.74) is 0.820. The topological polar surface area (TPSA) is 71.8 Å². The Kier molecular flexibility index (Phi) is 9.26. The van der Waals surface area contributed by atoms with E-state index in [1.807, 2.05) is 62.4 Å². The maximum absolute atomic E-state index is 12.3. The SMILES string of the molecule is CCOc1cc(/C=C/C(=O)N(C)C(C)CC#N)ccc1OCCOc1ccccc1. The third-order valence-electron chi connectivity index (χ3n) is 4.43. The second-order valence-electron chi connectivity index (χ2n) is 6.64. The van der Waals surface area contributed by atoms with Crippen LogP contribution in [0.3, 0.4) is 0 Å². The highest BCUT2D eigenvalue weighted by atomic mass is 16.5. The van der Waals surface area contributed by atoms with Crippen LogP contribution >= 0.6 is 0 Å². The van der Waals surface area contributed by atoms with Gasteiger partial charge in [0.1, 0.15) is 19.0 Å². The number of nitrogens with zero attached hydrogens (tertiary/aromatic N) is 2. The lowest BCUT2D eigenvalue weighted by atomic mass is 10.1. The fourth-order valence-corrected chi connectivity index (χ4v) is 2.62. The molecule has 1 amide bonds. The quantitative estimate of drug-likeness (QED) is 0.409. The maximum Gasteiger partial charge on any atom is 0.246 e. The number of likely N-dealkylation sites (N-methyl/N-ethyl adjacent to an activating group) is 1. The number of nitriles is 1. The highest BCUT2D eigenvalue weighted by Gasteiger charge is 2.13. The van der Waals surface area contributed by atoms with Crippen molar-refractivity contribution in [1.82, 2.24) is 4.90 Å². The zero-order valence-corrected chi connectivity index (χ0v) is 17.7. The van der Waals surface area contributed by atoms with Crippen LogP contribution in [0.5, 0.6) is 17.2 Å². The van der Waals surface area contributed by atoms with E-state index in [1.165, 1.54) is 6.08 Å². The number of hydrogen-bond donors (Lipinski definition) is 0. The average molecular weight is 408 g/mol. The van der Waals surface area contributed by atoms with E-state index < -0.39 is 0 Å². The molecule has 0 spiro atoms. The van der Waals surface area contributed by atoms with Gasteiger partial charge < -0.3 is 19.1 Å². The number of amides is 1. The predicted octanol–water partition coefficient (Wildman–Crippen LogP) is 4.32. The highest BCUT2D eigenvalue weighted by Crippen LogP contribution is 2.29. The molecule has 6 heteroatoms. The summed E-state index contributed by atoms with van der Waals surface area (Å²) in [4.78, 5) is 13.8. The highest BCUT2D eigenvalue weighted by molar-refractivity contribution is 5.91. The minimum Gasteiger partial charge on any atom is -0.490 e. The van der Waals surface area contributed by atoms with E-state index in [0.29, 0.717) is 37.7 Å². The predicted molar refractivity (Wildman–Crippen MR) is 117 cm³/mol. The molecule has 0 N–H and O–H groups in total. The molecule has 158 valence electrons. The van der Waals surface area contributed by atoms with Crippen molar-refractivity contribution in [3.8, 4) is 23.3 Å². The third-order valence-corrected chi connectivity index (χ3v) is 4.43. The fraction of sp³-hybridized carbons (Fsp3) is 0.333. The fourth-order valence-electron chi connectivity index (χ4n) is 2.62. The molecule has 0 radical (unpaired) electrons. The van der Waals surface area contributed by atoms with Crippen LogP contribution in [0.25, 0.3) is 6.08 Å². The van der Waals surface area contributed by atoms with Crippen LogP contribution in [0.15, 0.2) is 54.6 Å². The lowest BCUT2D eigenvalue weighted by molar-refractivity contribution is -0.126. The summed E-state index contributed by atoms with van der Waals surface area (Å²) < 4.78 is 17.1. The van der Waals surface area contributed by atoms with Gasteiger partial charge in [-0.05, 0) is 49.8 Å². The van der Waals surface area contributed by atoms with Crippen LogP contribution in [-0.2, 0) is 4.79 Å². The molecule has 2 aromatic rings. The summed E-state index contributed by atoms with van der Waals surface area (Å²) in [7, 11) is 1.69. The first-order valence-electron chi connectivity index (χ1n) is 9.94. The van der Waals surface area contributed by atoms with Crippen molar-refractivity contribution in [1.29, 1.82) is 5.26 Å². The summed E-state index contributed by atoms with van der Waals surface area (Å²) in [5, 5.41) is 8.78. The Morgan fingerprint density at radius 3 is 2.53 bits per heavy atom. The minimum absolute atomic E-state index is 0.139. The molecule has 30 heavy (non-hydrogen) atoms. The first kappa shape index (κ1) is 22.8. The number of rotatable bonds is 11. The second-order valence-corrected chi connectivity index (χ2v) is 6.64. The monoisotopic (exact) mass is 408 g/mol. The number of ether oxygens (including phenoxy) is 3. The number of carbonyl (C=O) groups is 1. The molecule has 0 saturated carbocycles. The van der Waals surface area contributed by atoms with Gasteiger partial charge in [-0.25, -0.2) is 0 Å². The van der Waals surface area contributed by atoms with Gasteiger partial charge in [-0.15, -0.1) is 0 Å². The van der Waals surface area contributed by atoms with Crippen molar-refractivity contribution in [2.75, 3.05) is 26.9 Å². The molecule has 0 heterocycles. The third kappa shape index (κ3) is 7.17. The van der Waals surface area contributed by atoms with Crippen LogP contribution in [0, 0.1) is 11.3 Å². The van der Waals surface area contributed by atoms with Gasteiger partial charge in [-0.1, -0.05) is 24.3 Å². The van der Waals surface area contributed by atoms with Crippen molar-refractivity contribution in [2.24, 2.45) is 0 Å². The maximum atomic E-state index is 12.3. The van der Waals surface area contributed by atoms with E-state index in [1.54, 1.807) is 18.0 Å². The number of carbonyl (C=O) groups excluding carboxylic acids is 1. The molecule has 2 aromatic carbocycles. The van der Waals surface area contributed by atoms with Crippen LogP contribution in [0.4, 0.5) is 0 Å². The Balaban J connectivity index is 1.96. The molecule has 1 unspecified atom stereocenters. The molecule has 2 rings (SSSR count). The molecule has 1 atom stereocenters. The van der Waals surface area contributed by atoms with Crippen molar-refractivity contribution < 1.29 is 19.0 Å². The van der Waals surface area contributed by atoms with E-state index in [4.69, 9.17) is 19.5 Å². The summed E-state index contributed by atoms with van der Waals surface area (Å²) in [6.45, 7) is 5.04. The molecule has 0 aromatic heterocycles. The largest absolute Gasteiger partial charge is 0.490 e. The Morgan fingerprint density at radius 1 is 1.10 bits per heavy atom. The molecule has 0 aliphatic heterocycles. The molecule has 0 saturated heterocycles. The van der Waals surface area contributed by atoms with Gasteiger partial charge in [0, 0.05) is 19.2 Å². The summed E-state index contributed by atoms with van der Waals surface area (Å²) in [6.07, 6.45) is 3.51. The normalized spacial score (nSPS) is 11.5. The van der Waals surface area contributed by atoms with Crippen LogP contribution in [0.2, 0.25) is 0 Å². The van der Waals surface area contributed by atoms with Crippen molar-refractivity contribution >= 4 is 12.0 Å². The van der Waals surface area contributed by atoms with E-state index in [9.17, 15) is 4.79 Å². The average Bonchev–Trinajstić information content (AvgIpc) is 2.76. The summed E-state index contributed by atoms with van der Waals surface area (Å²) in [6, 6.07) is 17.0. The van der Waals surface area contributed by atoms with E-state index in [0.717, 1.165) is 11.3 Å². The first-order valence-corrected chi connectivity index (χ1v) is 9.94. The summed E-state index contributed by atoms with van der Waals surface area (Å²) >= 11 is 0. The minimum atomic E-state index is -0.158. The molecular weight excluding hydrogens is 380 g/mol. The van der Waals surface area contributed by atoms with Gasteiger partial charge in [0.2, 0.25) is 5.91 Å². The van der Waals surface area contributed by atoms with Crippen LogP contribution in [-0.4, -0.2) is 43.7 Å². The van der Waals surface area contributed by atoms with Crippen LogP contribution < -0.4 is 14.2 Å². The number of benzene rings is 2. The Bertz CT molecular complexity index is 875. The Hall–Kier alpha value is -3.46. The van der Waals surface area contributed by atoms with Crippen molar-refractivity contribution in [3.05, 3.63) is 60.2 Å². The van der Waals surface area contributed by atoms with E-state index in [2.05, 4.69) is 6.07 Å². The van der Waals surface area contributed by atoms with E-state index in [-0.39, 0.29) is 11.9 Å². The van der Waals surface area contributed by atoms with E-state index >= 15 is 0 Å². The van der Waals surface area contributed by atoms with Gasteiger partial charge in [0.25, 0.3) is 0 Å². The standard InChI is InChI=1S/C24H28N2O4/c1-4-28-23-18-20(11-13-24(27)26(3)19(2)14-15-25)10-12-22(23)30-17-16-29-21-8-6-5-7-9-21/h5-13,18-19H,4,14,16-17H2,1-3H3/b13-11+. The molecule has 0 bridgehead atoms. The molecule has 0 fully saturated rings. The second kappa shape index (κ2) is 12.2. The molecular formula is C24H28N2O4. The summed E-state index contributed by atoms with van der Waals surface area (Å²) in [5.74, 6) is 1.87. The van der Waals surface area contributed by atoms with Crippen molar-refractivity contribution in [2.45, 2.75) is 26.3 Å². The van der Waals surface area contributed by atoms with Gasteiger partial charge in [0.05, 0.1) is 19.1 Å². The van der Waals surface area contributed by atoms with Gasteiger partial charge >= 0.3 is 0 Å². The van der Waals surface area contributed by atoms with Gasteiger partial charge in [-0.3, -0.25) is 4.79 Å². The zero-order chi connectivity index (χ0) is 21.8. The van der Waals surface area contributed by atoms with Crippen LogP contribution in [0.1, 0.15) is 25.8 Å². The zero-order valence-electron chi connectivity index (χ0n) is 17.7. The van der Waals surface area contributed by atoms with Crippen molar-refractivity contribution in [3.63, 3.8) is 0 Å². The Labute approximate surface area is 178 Å². The lowest BCUT2D eigenvalue weighted by Gasteiger charge is -2.21. The first-order chi connectivity index (χ1) is 14.5. The number of para-hydroxylation sites is 1. The lowest BCUT2D eigenvalue weighted by Crippen LogP contribution is -2.33. The Morgan fingerprint density at radius 2 is 1.83 bits per heavy atom.